The summed E-state index contributed by atoms with van der Waals surface area (Å²) in [5.74, 6) is 0.704. The van der Waals surface area contributed by atoms with E-state index in [0.29, 0.717) is 48.8 Å². The first-order valence-corrected chi connectivity index (χ1v) is 11.9. The normalized spacial score (nSPS) is 16.4. The lowest BCUT2D eigenvalue weighted by atomic mass is 9.99. The second-order valence-electron chi connectivity index (χ2n) is 9.56. The Bertz CT molecular complexity index is 1390. The average Bonchev–Trinajstić information content (AvgIpc) is 3.64. The zero-order valence-electron chi connectivity index (χ0n) is 20.2. The molecule has 1 amide bonds. The number of amides is 1. The van der Waals surface area contributed by atoms with Gasteiger partial charge in [-0.1, -0.05) is 6.92 Å². The molecule has 3 heterocycles. The summed E-state index contributed by atoms with van der Waals surface area (Å²) >= 11 is 0. The Kier molecular flexibility index (Phi) is 6.19. The third kappa shape index (κ3) is 4.67. The summed E-state index contributed by atoms with van der Waals surface area (Å²) in [7, 11) is 0. The van der Waals surface area contributed by atoms with Gasteiger partial charge in [-0.15, -0.1) is 6.42 Å². The largest absolute Gasteiger partial charge is 0.378 e. The molecule has 1 saturated carbocycles. The summed E-state index contributed by atoms with van der Waals surface area (Å²) in [6.07, 6.45) is 9.10. The van der Waals surface area contributed by atoms with E-state index >= 15 is 0 Å². The summed E-state index contributed by atoms with van der Waals surface area (Å²) < 4.78 is 34.5. The van der Waals surface area contributed by atoms with Crippen LogP contribution >= 0.6 is 0 Å². The smallest absolute Gasteiger partial charge is 0.255 e. The van der Waals surface area contributed by atoms with Crippen LogP contribution in [0.1, 0.15) is 47.1 Å². The zero-order chi connectivity index (χ0) is 25.4. The van der Waals surface area contributed by atoms with Crippen molar-refractivity contribution in [2.45, 2.75) is 32.1 Å². The Morgan fingerprint density at radius 1 is 1.17 bits per heavy atom. The number of hydrogen-bond donors (Lipinski definition) is 1. The van der Waals surface area contributed by atoms with Crippen molar-refractivity contribution < 1.29 is 18.3 Å². The fourth-order valence-electron chi connectivity index (χ4n) is 4.41. The minimum absolute atomic E-state index is 0.00838. The van der Waals surface area contributed by atoms with Gasteiger partial charge in [-0.05, 0) is 61.1 Å². The Labute approximate surface area is 208 Å². The number of aromatic nitrogens is 2. The Balaban J connectivity index is 1.47. The topological polar surface area (TPSA) is 67.4 Å². The molecule has 1 aromatic carbocycles. The van der Waals surface area contributed by atoms with Gasteiger partial charge in [0, 0.05) is 41.9 Å². The van der Waals surface area contributed by atoms with Gasteiger partial charge in [-0.3, -0.25) is 4.79 Å². The van der Waals surface area contributed by atoms with Crippen LogP contribution in [-0.2, 0) is 10.2 Å². The van der Waals surface area contributed by atoms with E-state index in [4.69, 9.17) is 11.2 Å². The molecule has 5 rings (SSSR count). The lowest BCUT2D eigenvalue weighted by Gasteiger charge is -2.29. The number of carbonyl (C=O) groups excluding carboxylic acids is 1. The molecule has 0 unspecified atom stereocenters. The molecule has 8 heteroatoms. The molecular formula is C28H26F2N4O2. The highest BCUT2D eigenvalue weighted by Crippen LogP contribution is 2.46. The maximum Gasteiger partial charge on any atom is 0.255 e. The fourth-order valence-corrected chi connectivity index (χ4v) is 4.41. The van der Waals surface area contributed by atoms with Crippen molar-refractivity contribution in [2.24, 2.45) is 0 Å². The van der Waals surface area contributed by atoms with Gasteiger partial charge in [-0.2, -0.15) is 4.39 Å². The van der Waals surface area contributed by atoms with Crippen molar-refractivity contribution in [1.82, 2.24) is 9.97 Å². The van der Waals surface area contributed by atoms with E-state index in [1.54, 1.807) is 25.3 Å². The lowest BCUT2D eigenvalue weighted by molar-refractivity contribution is 0.102. The van der Waals surface area contributed by atoms with Crippen LogP contribution in [-0.4, -0.2) is 42.2 Å². The number of rotatable bonds is 5. The van der Waals surface area contributed by atoms with Crippen LogP contribution in [0.3, 0.4) is 0 Å². The SMILES string of the molecule is C#Cc1ncc(-c2cc(NC(=O)c3cc(F)nc(C4(C)CC4)c3)c(F)cc2C)cc1N1CCOCC1. The predicted molar refractivity (Wildman–Crippen MR) is 134 cm³/mol. The highest BCUT2D eigenvalue weighted by molar-refractivity contribution is 6.04. The third-order valence-corrected chi connectivity index (χ3v) is 6.90. The van der Waals surface area contributed by atoms with Crippen molar-refractivity contribution in [3.05, 3.63) is 70.8 Å². The quantitative estimate of drug-likeness (QED) is 0.411. The van der Waals surface area contributed by atoms with Gasteiger partial charge in [0.25, 0.3) is 5.91 Å². The third-order valence-electron chi connectivity index (χ3n) is 6.90. The summed E-state index contributed by atoms with van der Waals surface area (Å²) in [6.45, 7) is 6.33. The minimum Gasteiger partial charge on any atom is -0.378 e. The predicted octanol–water partition coefficient (Wildman–Crippen LogP) is 4.85. The van der Waals surface area contributed by atoms with E-state index in [2.05, 4.69) is 26.1 Å². The number of halogens is 2. The van der Waals surface area contributed by atoms with Crippen LogP contribution < -0.4 is 10.2 Å². The van der Waals surface area contributed by atoms with E-state index in [1.165, 1.54) is 6.07 Å². The minimum atomic E-state index is -0.730. The molecule has 3 aromatic rings. The van der Waals surface area contributed by atoms with Gasteiger partial charge in [0.1, 0.15) is 11.5 Å². The average molecular weight is 489 g/mol. The van der Waals surface area contributed by atoms with E-state index in [0.717, 1.165) is 30.2 Å². The number of ether oxygens (including phenoxy) is 1. The first kappa shape index (κ1) is 23.9. The maximum atomic E-state index is 14.9. The van der Waals surface area contributed by atoms with Crippen molar-refractivity contribution in [2.75, 3.05) is 36.5 Å². The molecule has 1 saturated heterocycles. The Hall–Kier alpha value is -3.83. The van der Waals surface area contributed by atoms with Gasteiger partial charge >= 0.3 is 0 Å². The van der Waals surface area contributed by atoms with Crippen molar-refractivity contribution in [3.63, 3.8) is 0 Å². The number of carbonyl (C=O) groups is 1. The monoisotopic (exact) mass is 488 g/mol. The van der Waals surface area contributed by atoms with Crippen molar-refractivity contribution >= 4 is 17.3 Å². The Morgan fingerprint density at radius 3 is 2.61 bits per heavy atom. The molecule has 1 aliphatic carbocycles. The van der Waals surface area contributed by atoms with E-state index in [9.17, 15) is 13.6 Å². The number of hydrogen-bond acceptors (Lipinski definition) is 5. The number of morpholine rings is 1. The van der Waals surface area contributed by atoms with Gasteiger partial charge in [0.15, 0.2) is 0 Å². The molecule has 0 atom stereocenters. The molecule has 0 radical (unpaired) electrons. The molecule has 0 spiro atoms. The molecule has 2 fully saturated rings. The molecule has 36 heavy (non-hydrogen) atoms. The second kappa shape index (κ2) is 9.32. The van der Waals surface area contributed by atoms with E-state index in [-0.39, 0.29) is 16.7 Å². The number of nitrogens with zero attached hydrogens (tertiary/aromatic N) is 3. The van der Waals surface area contributed by atoms with Gasteiger partial charge in [0.2, 0.25) is 5.95 Å². The summed E-state index contributed by atoms with van der Waals surface area (Å²) in [4.78, 5) is 23.5. The number of nitrogens with one attached hydrogen (secondary N) is 1. The van der Waals surface area contributed by atoms with Crippen LogP contribution in [0.2, 0.25) is 0 Å². The van der Waals surface area contributed by atoms with Crippen molar-refractivity contribution in [1.29, 1.82) is 0 Å². The van der Waals surface area contributed by atoms with Crippen molar-refractivity contribution in [3.8, 4) is 23.5 Å². The number of benzene rings is 1. The Morgan fingerprint density at radius 2 is 1.92 bits per heavy atom. The first-order valence-electron chi connectivity index (χ1n) is 11.9. The molecule has 6 nitrogen and oxygen atoms in total. The van der Waals surface area contributed by atoms with Crippen LogP contribution in [0, 0.1) is 31.0 Å². The van der Waals surface area contributed by atoms with Crippen LogP contribution in [0.4, 0.5) is 20.2 Å². The van der Waals surface area contributed by atoms with E-state index < -0.39 is 17.7 Å². The van der Waals surface area contributed by atoms with Crippen LogP contribution in [0.15, 0.2) is 36.5 Å². The molecule has 184 valence electrons. The van der Waals surface area contributed by atoms with Gasteiger partial charge in [0.05, 0.1) is 30.3 Å². The molecule has 0 bridgehead atoms. The number of anilines is 2. The van der Waals surface area contributed by atoms with Gasteiger partial charge in [-0.25, -0.2) is 14.4 Å². The summed E-state index contributed by atoms with van der Waals surface area (Å²) in [6, 6.07) is 7.50. The molecule has 1 N–H and O–H groups in total. The van der Waals surface area contributed by atoms with Crippen LogP contribution in [0.25, 0.3) is 11.1 Å². The zero-order valence-corrected chi connectivity index (χ0v) is 20.2. The van der Waals surface area contributed by atoms with Crippen LogP contribution in [0.5, 0.6) is 0 Å². The lowest BCUT2D eigenvalue weighted by Crippen LogP contribution is -2.36. The molecule has 2 aromatic heterocycles. The molecule has 1 aliphatic heterocycles. The van der Waals surface area contributed by atoms with Gasteiger partial charge < -0.3 is 15.0 Å². The highest BCUT2D eigenvalue weighted by Gasteiger charge is 2.41. The van der Waals surface area contributed by atoms with E-state index in [1.807, 2.05) is 13.0 Å². The molecular weight excluding hydrogens is 462 g/mol. The first-order chi connectivity index (χ1) is 17.3. The summed E-state index contributed by atoms with van der Waals surface area (Å²) in [5, 5.41) is 2.60. The fraction of sp³-hybridized carbons (Fsp3) is 0.321. The standard InChI is InChI=1S/C28H26F2N4O2/c1-4-22-24(34-7-9-36-10-8-34)12-19(16-31-22)20-15-23(21(29)11-17(20)2)32-27(35)18-13-25(28(3)5-6-28)33-26(30)14-18/h1,11-16H,5-10H2,2-3H3,(H,32,35). The number of terminal acetylenes is 1. The number of pyridine rings is 2. The highest BCUT2D eigenvalue weighted by atomic mass is 19.1. The number of aryl methyl sites for hydroxylation is 1. The summed E-state index contributed by atoms with van der Waals surface area (Å²) in [5.41, 5.74) is 3.85. The second-order valence-corrected chi connectivity index (χ2v) is 9.56. The molecule has 2 aliphatic rings. The maximum absolute atomic E-state index is 14.9.